The van der Waals surface area contributed by atoms with Crippen LogP contribution in [0.15, 0.2) is 46.9 Å². The van der Waals surface area contributed by atoms with Gasteiger partial charge in [0.25, 0.3) is 0 Å². The lowest BCUT2D eigenvalue weighted by molar-refractivity contribution is -0.131. The molecule has 8 heteroatoms. The van der Waals surface area contributed by atoms with Gasteiger partial charge in [-0.05, 0) is 51.3 Å². The third-order valence-corrected chi connectivity index (χ3v) is 6.21. The van der Waals surface area contributed by atoms with Crippen molar-refractivity contribution in [3.05, 3.63) is 41.8 Å². The minimum absolute atomic E-state index is 0.0900. The van der Waals surface area contributed by atoms with E-state index in [-0.39, 0.29) is 18.0 Å². The molecule has 0 unspecified atom stereocenters. The number of carbonyl (C=O) groups is 1. The number of para-hydroxylation sites is 2. The Balaban J connectivity index is 1.97. The van der Waals surface area contributed by atoms with E-state index in [1.807, 2.05) is 78.9 Å². The maximum absolute atomic E-state index is 12.8. The highest BCUT2D eigenvalue weighted by Gasteiger charge is 2.23. The summed E-state index contributed by atoms with van der Waals surface area (Å²) in [6, 6.07) is 12.1. The van der Waals surface area contributed by atoms with Crippen LogP contribution in [0.2, 0.25) is 0 Å². The van der Waals surface area contributed by atoms with E-state index in [9.17, 15) is 4.79 Å². The highest BCUT2D eigenvalue weighted by Crippen LogP contribution is 2.34. The molecule has 1 aromatic carbocycles. The van der Waals surface area contributed by atoms with Gasteiger partial charge in [0.1, 0.15) is 5.75 Å². The largest absolute Gasteiger partial charge is 0.495 e. The van der Waals surface area contributed by atoms with Crippen molar-refractivity contribution in [1.82, 2.24) is 19.7 Å². The second-order valence-electron chi connectivity index (χ2n) is 7.07. The van der Waals surface area contributed by atoms with Gasteiger partial charge in [0.05, 0.1) is 23.4 Å². The molecule has 0 fully saturated rings. The number of methoxy groups -OCH3 is 1. The summed E-state index contributed by atoms with van der Waals surface area (Å²) in [5, 5.41) is 11.5. The van der Waals surface area contributed by atoms with Gasteiger partial charge in [-0.3, -0.25) is 9.36 Å². The maximum Gasteiger partial charge on any atom is 0.233 e. The molecular weight excluding hydrogens is 404 g/mol. The van der Waals surface area contributed by atoms with Crippen molar-refractivity contribution in [3.63, 3.8) is 0 Å². The van der Waals surface area contributed by atoms with Gasteiger partial charge < -0.3 is 9.64 Å². The Morgan fingerprint density at radius 1 is 1.14 bits per heavy atom. The fourth-order valence-corrected chi connectivity index (χ4v) is 4.85. The van der Waals surface area contributed by atoms with Gasteiger partial charge in [-0.15, -0.1) is 21.5 Å². The molecule has 2 aromatic heterocycles. The third kappa shape index (κ3) is 4.64. The highest BCUT2D eigenvalue weighted by atomic mass is 32.2. The number of ether oxygens (including phenoxy) is 1. The summed E-state index contributed by atoms with van der Waals surface area (Å²) in [5.41, 5.74) is 0.850. The summed E-state index contributed by atoms with van der Waals surface area (Å²) in [4.78, 5) is 15.7. The number of nitrogens with zero attached hydrogens (tertiary/aromatic N) is 4. The average molecular weight is 431 g/mol. The van der Waals surface area contributed by atoms with Gasteiger partial charge >= 0.3 is 0 Å². The molecule has 0 bridgehead atoms. The Morgan fingerprint density at radius 2 is 1.86 bits per heavy atom. The average Bonchev–Trinajstić information content (AvgIpc) is 3.35. The Hall–Kier alpha value is -2.32. The zero-order chi connectivity index (χ0) is 21.0. The molecule has 1 amide bonds. The van der Waals surface area contributed by atoms with Crippen LogP contribution < -0.4 is 4.74 Å². The van der Waals surface area contributed by atoms with Crippen LogP contribution in [0.4, 0.5) is 0 Å². The van der Waals surface area contributed by atoms with Gasteiger partial charge in [-0.25, -0.2) is 0 Å². The van der Waals surface area contributed by atoms with E-state index in [0.29, 0.717) is 10.9 Å². The molecular formula is C21H26N4O2S2. The van der Waals surface area contributed by atoms with Gasteiger partial charge in [-0.2, -0.15) is 0 Å². The van der Waals surface area contributed by atoms with Crippen molar-refractivity contribution >= 4 is 29.0 Å². The van der Waals surface area contributed by atoms with Gasteiger partial charge in [0, 0.05) is 12.1 Å². The second-order valence-corrected chi connectivity index (χ2v) is 8.96. The number of hydrogen-bond acceptors (Lipinski definition) is 6. The first-order chi connectivity index (χ1) is 13.9. The number of benzene rings is 1. The summed E-state index contributed by atoms with van der Waals surface area (Å²) in [7, 11) is 1.65. The van der Waals surface area contributed by atoms with E-state index in [0.717, 1.165) is 22.1 Å². The van der Waals surface area contributed by atoms with E-state index in [1.165, 1.54) is 11.8 Å². The Bertz CT molecular complexity index is 944. The normalized spacial score (nSPS) is 11.3. The van der Waals surface area contributed by atoms with Crippen LogP contribution in [-0.4, -0.2) is 50.5 Å². The van der Waals surface area contributed by atoms with Crippen molar-refractivity contribution in [2.75, 3.05) is 12.9 Å². The summed E-state index contributed by atoms with van der Waals surface area (Å²) < 4.78 is 7.54. The minimum Gasteiger partial charge on any atom is -0.495 e. The molecule has 6 nitrogen and oxygen atoms in total. The molecule has 0 atom stereocenters. The lowest BCUT2D eigenvalue weighted by Gasteiger charge is -2.30. The molecule has 0 aliphatic carbocycles. The number of hydrogen-bond donors (Lipinski definition) is 0. The number of amides is 1. The first-order valence-electron chi connectivity index (χ1n) is 9.50. The van der Waals surface area contributed by atoms with Gasteiger partial charge in [0.2, 0.25) is 5.91 Å². The number of thiophene rings is 1. The van der Waals surface area contributed by atoms with Crippen LogP contribution in [0.1, 0.15) is 27.7 Å². The SMILES string of the molecule is COc1ccccc1-n1c(SCC(=O)N(C(C)C)C(C)C)nnc1-c1cccs1. The predicted molar refractivity (Wildman–Crippen MR) is 119 cm³/mol. The minimum atomic E-state index is 0.0900. The van der Waals surface area contributed by atoms with Crippen LogP contribution in [-0.2, 0) is 4.79 Å². The van der Waals surface area contributed by atoms with Gasteiger partial charge in [0.15, 0.2) is 11.0 Å². The Kier molecular flexibility index (Phi) is 6.97. The zero-order valence-corrected chi connectivity index (χ0v) is 19.0. The fourth-order valence-electron chi connectivity index (χ4n) is 3.33. The first-order valence-corrected chi connectivity index (χ1v) is 11.4. The molecule has 0 radical (unpaired) electrons. The maximum atomic E-state index is 12.8. The van der Waals surface area contributed by atoms with E-state index < -0.39 is 0 Å². The molecule has 0 spiro atoms. The summed E-state index contributed by atoms with van der Waals surface area (Å²) >= 11 is 3.00. The number of aromatic nitrogens is 3. The summed E-state index contributed by atoms with van der Waals surface area (Å²) in [5.74, 6) is 1.86. The lowest BCUT2D eigenvalue weighted by atomic mass is 10.2. The van der Waals surface area contributed by atoms with Crippen LogP contribution in [0, 0.1) is 0 Å². The Morgan fingerprint density at radius 3 is 2.48 bits per heavy atom. The monoisotopic (exact) mass is 430 g/mol. The van der Waals surface area contributed by atoms with Crippen molar-refractivity contribution in [2.45, 2.75) is 44.9 Å². The molecule has 0 saturated heterocycles. The molecule has 154 valence electrons. The number of rotatable bonds is 8. The zero-order valence-electron chi connectivity index (χ0n) is 17.3. The molecule has 0 aliphatic heterocycles. The smallest absolute Gasteiger partial charge is 0.233 e. The van der Waals surface area contributed by atoms with Crippen LogP contribution in [0.3, 0.4) is 0 Å². The van der Waals surface area contributed by atoms with Crippen molar-refractivity contribution in [3.8, 4) is 22.1 Å². The third-order valence-electron chi connectivity index (χ3n) is 4.43. The van der Waals surface area contributed by atoms with Crippen LogP contribution in [0.5, 0.6) is 5.75 Å². The molecule has 2 heterocycles. The van der Waals surface area contributed by atoms with Crippen LogP contribution >= 0.6 is 23.1 Å². The van der Waals surface area contributed by atoms with E-state index in [1.54, 1.807) is 18.4 Å². The molecule has 0 aliphatic rings. The predicted octanol–water partition coefficient (Wildman–Crippen LogP) is 4.74. The van der Waals surface area contributed by atoms with Crippen molar-refractivity contribution < 1.29 is 9.53 Å². The highest BCUT2D eigenvalue weighted by molar-refractivity contribution is 7.99. The fraction of sp³-hybridized carbons (Fsp3) is 0.381. The molecule has 3 rings (SSSR count). The summed E-state index contributed by atoms with van der Waals surface area (Å²) in [6.07, 6.45) is 0. The summed E-state index contributed by atoms with van der Waals surface area (Å²) in [6.45, 7) is 8.15. The van der Waals surface area contributed by atoms with Crippen molar-refractivity contribution in [1.29, 1.82) is 0 Å². The standard InChI is InChI=1S/C21H26N4O2S2/c1-14(2)24(15(3)4)19(26)13-29-21-23-22-20(18-11-8-12-28-18)25(21)16-9-6-7-10-17(16)27-5/h6-12,14-15H,13H2,1-5H3. The molecule has 3 aromatic rings. The molecule has 29 heavy (non-hydrogen) atoms. The molecule has 0 N–H and O–H groups in total. The Labute approximate surface area is 179 Å². The lowest BCUT2D eigenvalue weighted by Crippen LogP contribution is -2.43. The topological polar surface area (TPSA) is 60.2 Å². The van der Waals surface area contributed by atoms with Crippen molar-refractivity contribution in [2.24, 2.45) is 0 Å². The van der Waals surface area contributed by atoms with Gasteiger partial charge in [-0.1, -0.05) is 30.0 Å². The number of carbonyl (C=O) groups excluding carboxylic acids is 1. The second kappa shape index (κ2) is 9.45. The van der Waals surface area contributed by atoms with E-state index >= 15 is 0 Å². The quantitative estimate of drug-likeness (QED) is 0.483. The first kappa shape index (κ1) is 21.4. The number of thioether (sulfide) groups is 1. The molecule has 0 saturated carbocycles. The van der Waals surface area contributed by atoms with E-state index in [2.05, 4.69) is 10.2 Å². The van der Waals surface area contributed by atoms with E-state index in [4.69, 9.17) is 4.74 Å². The van der Waals surface area contributed by atoms with Crippen LogP contribution in [0.25, 0.3) is 16.4 Å².